The molecule has 1 amide bonds. The fourth-order valence-electron chi connectivity index (χ4n) is 1.70. The van der Waals surface area contributed by atoms with E-state index in [1.54, 1.807) is 7.05 Å². The maximum absolute atomic E-state index is 11.9. The molecule has 8 nitrogen and oxygen atoms in total. The van der Waals surface area contributed by atoms with Crippen molar-refractivity contribution in [3.63, 3.8) is 0 Å². The molecule has 0 aliphatic rings. The summed E-state index contributed by atoms with van der Waals surface area (Å²) in [6.07, 6.45) is 0.462. The molecule has 0 saturated carbocycles. The highest BCUT2D eigenvalue weighted by molar-refractivity contribution is 5.78. The van der Waals surface area contributed by atoms with E-state index in [0.717, 1.165) is 4.57 Å². The van der Waals surface area contributed by atoms with Crippen molar-refractivity contribution in [2.45, 2.75) is 0 Å². The van der Waals surface area contributed by atoms with Crippen LogP contribution in [-0.4, -0.2) is 25.1 Å². The molecule has 2 rings (SSSR count). The molecule has 0 aliphatic heterocycles. The average Bonchev–Trinajstić information content (AvgIpc) is 2.62. The molecule has 8 heteroatoms. The molecule has 1 N–H and O–H groups in total. The Balaban J connectivity index is 3.02. The van der Waals surface area contributed by atoms with Crippen LogP contribution in [0.2, 0.25) is 0 Å². The van der Waals surface area contributed by atoms with Crippen LogP contribution in [-0.2, 0) is 25.9 Å². The molecule has 0 saturated heterocycles. The molecule has 0 atom stereocenters. The van der Waals surface area contributed by atoms with E-state index in [1.807, 2.05) is 0 Å². The standard InChI is InChI=1S/C9H11N5O3/c1-12-5-6(11-8(12)10-4-15)13(2)9(17)14(3)7(5)16/h4H,1-3H3,(H,10,11,15). The second kappa shape index (κ2) is 3.58. The van der Waals surface area contributed by atoms with Crippen molar-refractivity contribution >= 4 is 23.5 Å². The van der Waals surface area contributed by atoms with E-state index in [9.17, 15) is 14.4 Å². The highest BCUT2D eigenvalue weighted by atomic mass is 16.2. The predicted molar refractivity (Wildman–Crippen MR) is 60.9 cm³/mol. The van der Waals surface area contributed by atoms with E-state index in [1.165, 1.54) is 23.2 Å². The number of aryl methyl sites for hydroxylation is 2. The quantitative estimate of drug-likeness (QED) is 0.646. The van der Waals surface area contributed by atoms with Gasteiger partial charge in [0.15, 0.2) is 11.2 Å². The number of hydrogen-bond acceptors (Lipinski definition) is 4. The minimum absolute atomic E-state index is 0.216. The first-order valence-corrected chi connectivity index (χ1v) is 4.81. The highest BCUT2D eigenvalue weighted by Crippen LogP contribution is 2.11. The summed E-state index contributed by atoms with van der Waals surface area (Å²) >= 11 is 0. The van der Waals surface area contributed by atoms with E-state index in [2.05, 4.69) is 10.3 Å². The van der Waals surface area contributed by atoms with Crippen LogP contribution in [0.4, 0.5) is 5.95 Å². The van der Waals surface area contributed by atoms with Crippen LogP contribution in [0.1, 0.15) is 0 Å². The lowest BCUT2D eigenvalue weighted by Crippen LogP contribution is -2.37. The molecule has 0 aliphatic carbocycles. The largest absolute Gasteiger partial charge is 0.332 e. The van der Waals surface area contributed by atoms with Gasteiger partial charge in [-0.1, -0.05) is 0 Å². The first-order valence-electron chi connectivity index (χ1n) is 4.81. The maximum Gasteiger partial charge on any atom is 0.332 e. The normalized spacial score (nSPS) is 10.8. The van der Waals surface area contributed by atoms with Crippen LogP contribution in [0.15, 0.2) is 9.59 Å². The number of fused-ring (bicyclic) bond motifs is 1. The van der Waals surface area contributed by atoms with Gasteiger partial charge in [-0.3, -0.25) is 24.0 Å². The topological polar surface area (TPSA) is 90.9 Å². The zero-order valence-corrected chi connectivity index (χ0v) is 9.59. The Kier molecular flexibility index (Phi) is 2.34. The number of hydrogen-bond donors (Lipinski definition) is 1. The average molecular weight is 237 g/mol. The van der Waals surface area contributed by atoms with Gasteiger partial charge < -0.3 is 4.57 Å². The van der Waals surface area contributed by atoms with Crippen molar-refractivity contribution in [2.24, 2.45) is 21.1 Å². The number of imidazole rings is 1. The van der Waals surface area contributed by atoms with Crippen molar-refractivity contribution in [1.29, 1.82) is 0 Å². The number of carbonyl (C=O) groups is 1. The van der Waals surface area contributed by atoms with E-state index >= 15 is 0 Å². The van der Waals surface area contributed by atoms with Crippen molar-refractivity contribution in [3.8, 4) is 0 Å². The molecule has 2 heterocycles. The third kappa shape index (κ3) is 1.37. The number of amides is 1. The summed E-state index contributed by atoms with van der Waals surface area (Å²) < 4.78 is 3.69. The minimum Gasteiger partial charge on any atom is -0.307 e. The van der Waals surface area contributed by atoms with Gasteiger partial charge in [-0.25, -0.2) is 4.79 Å². The van der Waals surface area contributed by atoms with Gasteiger partial charge in [-0.2, -0.15) is 4.98 Å². The van der Waals surface area contributed by atoms with Gasteiger partial charge in [0.05, 0.1) is 0 Å². The number of carbonyl (C=O) groups excluding carboxylic acids is 1. The summed E-state index contributed by atoms with van der Waals surface area (Å²) in [7, 11) is 4.50. The van der Waals surface area contributed by atoms with Crippen LogP contribution in [0.3, 0.4) is 0 Å². The molecule has 0 fully saturated rings. The molecule has 90 valence electrons. The summed E-state index contributed by atoms with van der Waals surface area (Å²) in [6, 6.07) is 0. The zero-order chi connectivity index (χ0) is 12.7. The Morgan fingerprint density at radius 2 is 1.76 bits per heavy atom. The van der Waals surface area contributed by atoms with E-state index < -0.39 is 11.2 Å². The molecule has 0 bridgehead atoms. The number of rotatable bonds is 2. The Morgan fingerprint density at radius 3 is 2.35 bits per heavy atom. The van der Waals surface area contributed by atoms with Crippen molar-refractivity contribution < 1.29 is 4.79 Å². The maximum atomic E-state index is 11.9. The van der Waals surface area contributed by atoms with E-state index in [-0.39, 0.29) is 17.1 Å². The summed E-state index contributed by atoms with van der Waals surface area (Å²) in [5.74, 6) is 0.216. The van der Waals surface area contributed by atoms with Crippen LogP contribution >= 0.6 is 0 Å². The summed E-state index contributed by atoms with van der Waals surface area (Å²) in [5, 5.41) is 2.37. The molecule has 0 aromatic carbocycles. The van der Waals surface area contributed by atoms with Gasteiger partial charge >= 0.3 is 5.69 Å². The summed E-state index contributed by atoms with van der Waals surface area (Å²) in [6.45, 7) is 0. The van der Waals surface area contributed by atoms with Crippen LogP contribution in [0.5, 0.6) is 0 Å². The smallest absolute Gasteiger partial charge is 0.307 e. The summed E-state index contributed by atoms with van der Waals surface area (Å²) in [5.41, 5.74) is -0.404. The summed E-state index contributed by atoms with van der Waals surface area (Å²) in [4.78, 5) is 38.0. The number of nitrogens with one attached hydrogen (secondary N) is 1. The highest BCUT2D eigenvalue weighted by Gasteiger charge is 2.16. The molecular formula is C9H11N5O3. The van der Waals surface area contributed by atoms with Gasteiger partial charge in [0.25, 0.3) is 5.56 Å². The van der Waals surface area contributed by atoms with E-state index in [4.69, 9.17) is 0 Å². The Labute approximate surface area is 95.1 Å². The van der Waals surface area contributed by atoms with Gasteiger partial charge in [0.2, 0.25) is 12.4 Å². The van der Waals surface area contributed by atoms with Gasteiger partial charge in [-0.05, 0) is 0 Å². The van der Waals surface area contributed by atoms with Crippen molar-refractivity contribution in [2.75, 3.05) is 5.32 Å². The van der Waals surface area contributed by atoms with Crippen LogP contribution in [0, 0.1) is 0 Å². The Hall–Kier alpha value is -2.38. The second-order valence-corrected chi connectivity index (χ2v) is 3.63. The number of nitrogens with zero attached hydrogens (tertiary/aromatic N) is 4. The van der Waals surface area contributed by atoms with Gasteiger partial charge in [-0.15, -0.1) is 0 Å². The lowest BCUT2D eigenvalue weighted by molar-refractivity contribution is -0.105. The van der Waals surface area contributed by atoms with E-state index in [0.29, 0.717) is 6.41 Å². The second-order valence-electron chi connectivity index (χ2n) is 3.63. The van der Waals surface area contributed by atoms with Crippen LogP contribution < -0.4 is 16.6 Å². The molecule has 0 unspecified atom stereocenters. The number of anilines is 1. The molecular weight excluding hydrogens is 226 g/mol. The minimum atomic E-state index is -0.460. The lowest BCUT2D eigenvalue weighted by Gasteiger charge is -2.03. The third-order valence-corrected chi connectivity index (χ3v) is 2.66. The molecule has 17 heavy (non-hydrogen) atoms. The SMILES string of the molecule is Cn1c(=O)c2c(nc(NC=O)n2C)n(C)c1=O. The Bertz CT molecular complexity index is 721. The van der Waals surface area contributed by atoms with Gasteiger partial charge in [0.1, 0.15) is 0 Å². The van der Waals surface area contributed by atoms with Crippen molar-refractivity contribution in [1.82, 2.24) is 18.7 Å². The Morgan fingerprint density at radius 1 is 1.12 bits per heavy atom. The van der Waals surface area contributed by atoms with Crippen molar-refractivity contribution in [3.05, 3.63) is 20.8 Å². The fourth-order valence-corrected chi connectivity index (χ4v) is 1.70. The predicted octanol–water partition coefficient (Wildman–Crippen LogP) is -1.46. The van der Waals surface area contributed by atoms with Crippen LogP contribution in [0.25, 0.3) is 11.2 Å². The first kappa shape index (κ1) is 11.1. The monoisotopic (exact) mass is 237 g/mol. The fraction of sp³-hybridized carbons (Fsp3) is 0.333. The number of aromatic nitrogens is 4. The van der Waals surface area contributed by atoms with Gasteiger partial charge in [0, 0.05) is 21.1 Å². The molecule has 2 aromatic heterocycles. The third-order valence-electron chi connectivity index (χ3n) is 2.66. The lowest BCUT2D eigenvalue weighted by atomic mass is 10.5. The molecule has 2 aromatic rings. The molecule has 0 radical (unpaired) electrons. The first-order chi connectivity index (χ1) is 7.99. The molecule has 0 spiro atoms. The zero-order valence-electron chi connectivity index (χ0n) is 9.59.